The molecule has 98 valence electrons. The van der Waals surface area contributed by atoms with E-state index < -0.39 is 0 Å². The van der Waals surface area contributed by atoms with Crippen molar-refractivity contribution in [2.75, 3.05) is 13.2 Å². The van der Waals surface area contributed by atoms with E-state index in [0.29, 0.717) is 31.1 Å². The molecule has 2 fully saturated rings. The molecule has 0 bridgehead atoms. The van der Waals surface area contributed by atoms with Gasteiger partial charge in [-0.1, -0.05) is 0 Å². The summed E-state index contributed by atoms with van der Waals surface area (Å²) in [4.78, 5) is 14.2. The Kier molecular flexibility index (Phi) is 4.40. The molecule has 0 radical (unpaired) electrons. The minimum atomic E-state index is 0.201. The third-order valence-corrected chi connectivity index (χ3v) is 3.85. The lowest BCUT2D eigenvalue weighted by Gasteiger charge is -2.37. The first-order valence-electron chi connectivity index (χ1n) is 6.85. The second-order valence-electron chi connectivity index (χ2n) is 5.36. The Morgan fingerprint density at radius 1 is 1.53 bits per heavy atom. The summed E-state index contributed by atoms with van der Waals surface area (Å²) in [6, 6.07) is 0.554. The molecule has 1 heterocycles. The van der Waals surface area contributed by atoms with Gasteiger partial charge in [0.25, 0.3) is 0 Å². The molecule has 1 amide bonds. The Balaban J connectivity index is 1.81. The van der Waals surface area contributed by atoms with Gasteiger partial charge in [-0.3, -0.25) is 4.79 Å². The highest BCUT2D eigenvalue weighted by atomic mass is 16.5. The van der Waals surface area contributed by atoms with Gasteiger partial charge in [0.05, 0.1) is 18.8 Å². The third kappa shape index (κ3) is 3.19. The van der Waals surface area contributed by atoms with Crippen molar-refractivity contribution in [1.29, 1.82) is 0 Å². The summed E-state index contributed by atoms with van der Waals surface area (Å²) in [5.74, 6) is 0.297. The van der Waals surface area contributed by atoms with Gasteiger partial charge in [0.15, 0.2) is 0 Å². The van der Waals surface area contributed by atoms with Crippen LogP contribution in [0.4, 0.5) is 0 Å². The number of hydrogen-bond acceptors (Lipinski definition) is 3. The van der Waals surface area contributed by atoms with Gasteiger partial charge in [0, 0.05) is 19.0 Å². The number of fused-ring (bicyclic) bond motifs is 1. The summed E-state index contributed by atoms with van der Waals surface area (Å²) in [5.41, 5.74) is 5.70. The van der Waals surface area contributed by atoms with Gasteiger partial charge in [-0.15, -0.1) is 0 Å². The van der Waals surface area contributed by atoms with Gasteiger partial charge in [0.1, 0.15) is 0 Å². The van der Waals surface area contributed by atoms with Crippen LogP contribution >= 0.6 is 0 Å². The van der Waals surface area contributed by atoms with Crippen LogP contribution in [0.5, 0.6) is 0 Å². The smallest absolute Gasteiger partial charge is 0.222 e. The molecule has 0 aromatic heterocycles. The number of hydrogen-bond donors (Lipinski definition) is 1. The normalized spacial score (nSPS) is 30.1. The van der Waals surface area contributed by atoms with Gasteiger partial charge in [-0.25, -0.2) is 0 Å². The average Bonchev–Trinajstić information content (AvgIpc) is 2.75. The van der Waals surface area contributed by atoms with E-state index in [1.807, 2.05) is 6.92 Å². The zero-order valence-electron chi connectivity index (χ0n) is 10.7. The highest BCUT2D eigenvalue weighted by Crippen LogP contribution is 2.30. The molecule has 3 unspecified atom stereocenters. The fourth-order valence-corrected chi connectivity index (χ4v) is 2.95. The molecule has 2 aliphatic rings. The molecule has 1 aliphatic heterocycles. The zero-order valence-corrected chi connectivity index (χ0v) is 10.7. The maximum absolute atomic E-state index is 12.2. The van der Waals surface area contributed by atoms with Gasteiger partial charge >= 0.3 is 0 Å². The van der Waals surface area contributed by atoms with E-state index in [1.54, 1.807) is 0 Å². The number of ether oxygens (including phenoxy) is 1. The number of rotatable bonds is 4. The maximum atomic E-state index is 12.2. The Bertz CT molecular complexity index is 268. The van der Waals surface area contributed by atoms with Crippen LogP contribution < -0.4 is 5.73 Å². The van der Waals surface area contributed by atoms with Gasteiger partial charge in [0.2, 0.25) is 5.91 Å². The largest absolute Gasteiger partial charge is 0.374 e. The predicted octanol–water partition coefficient (Wildman–Crippen LogP) is 1.28. The SMILES string of the molecule is CC(N)CCCC(=O)N1CCOC2CCCC21. The second-order valence-corrected chi connectivity index (χ2v) is 5.36. The number of carbonyl (C=O) groups excluding carboxylic acids is 1. The highest BCUT2D eigenvalue weighted by Gasteiger charge is 2.37. The fourth-order valence-electron chi connectivity index (χ4n) is 2.95. The molecule has 2 N–H and O–H groups in total. The topological polar surface area (TPSA) is 55.6 Å². The predicted molar refractivity (Wildman–Crippen MR) is 66.6 cm³/mol. The van der Waals surface area contributed by atoms with E-state index in [1.165, 1.54) is 6.42 Å². The second kappa shape index (κ2) is 5.83. The molecule has 3 atom stereocenters. The minimum absolute atomic E-state index is 0.201. The summed E-state index contributed by atoms with van der Waals surface area (Å²) >= 11 is 0. The molecule has 2 rings (SSSR count). The quantitative estimate of drug-likeness (QED) is 0.805. The monoisotopic (exact) mass is 240 g/mol. The number of nitrogens with zero attached hydrogens (tertiary/aromatic N) is 1. The Morgan fingerprint density at radius 2 is 2.35 bits per heavy atom. The van der Waals surface area contributed by atoms with Crippen molar-refractivity contribution in [3.05, 3.63) is 0 Å². The van der Waals surface area contributed by atoms with E-state index >= 15 is 0 Å². The average molecular weight is 240 g/mol. The Hall–Kier alpha value is -0.610. The van der Waals surface area contributed by atoms with Crippen LogP contribution in [0.15, 0.2) is 0 Å². The first-order chi connectivity index (χ1) is 8.18. The summed E-state index contributed by atoms with van der Waals surface area (Å²) in [5, 5.41) is 0. The number of carbonyl (C=O) groups is 1. The molecule has 4 heteroatoms. The van der Waals surface area contributed by atoms with Gasteiger partial charge < -0.3 is 15.4 Å². The molecule has 1 saturated carbocycles. The molecule has 0 aromatic carbocycles. The summed E-state index contributed by atoms with van der Waals surface area (Å²) in [7, 11) is 0. The van der Waals surface area contributed by atoms with E-state index in [0.717, 1.165) is 32.2 Å². The third-order valence-electron chi connectivity index (χ3n) is 3.85. The zero-order chi connectivity index (χ0) is 12.3. The molecule has 0 aromatic rings. The van der Waals surface area contributed by atoms with Crippen molar-refractivity contribution < 1.29 is 9.53 Å². The lowest BCUT2D eigenvalue weighted by atomic mass is 10.1. The van der Waals surface area contributed by atoms with Crippen LogP contribution in [0.1, 0.15) is 45.4 Å². The van der Waals surface area contributed by atoms with Crippen molar-refractivity contribution in [3.63, 3.8) is 0 Å². The number of amides is 1. The van der Waals surface area contributed by atoms with Crippen LogP contribution in [0.3, 0.4) is 0 Å². The molecule has 1 aliphatic carbocycles. The van der Waals surface area contributed by atoms with Crippen molar-refractivity contribution >= 4 is 5.91 Å². The van der Waals surface area contributed by atoms with E-state index in [4.69, 9.17) is 10.5 Å². The number of nitrogens with two attached hydrogens (primary N) is 1. The van der Waals surface area contributed by atoms with E-state index in [-0.39, 0.29) is 6.04 Å². The number of morpholine rings is 1. The minimum Gasteiger partial charge on any atom is -0.374 e. The molecular formula is C13H24N2O2. The summed E-state index contributed by atoms with van der Waals surface area (Å²) in [6.45, 7) is 3.48. The highest BCUT2D eigenvalue weighted by molar-refractivity contribution is 5.76. The summed E-state index contributed by atoms with van der Waals surface area (Å²) in [6.07, 6.45) is 6.22. The van der Waals surface area contributed by atoms with Crippen LogP contribution in [-0.4, -0.2) is 42.1 Å². The van der Waals surface area contributed by atoms with Gasteiger partial charge in [-0.05, 0) is 39.0 Å². The van der Waals surface area contributed by atoms with Crippen LogP contribution in [0, 0.1) is 0 Å². The molecule has 1 saturated heterocycles. The van der Waals surface area contributed by atoms with Crippen LogP contribution in [0.2, 0.25) is 0 Å². The maximum Gasteiger partial charge on any atom is 0.222 e. The fraction of sp³-hybridized carbons (Fsp3) is 0.923. The van der Waals surface area contributed by atoms with Crippen molar-refractivity contribution in [2.45, 2.75) is 63.6 Å². The first-order valence-corrected chi connectivity index (χ1v) is 6.85. The first kappa shape index (κ1) is 12.8. The Labute approximate surface area is 103 Å². The lowest BCUT2D eigenvalue weighted by molar-refractivity contribution is -0.144. The van der Waals surface area contributed by atoms with Crippen LogP contribution in [-0.2, 0) is 9.53 Å². The van der Waals surface area contributed by atoms with Crippen molar-refractivity contribution in [2.24, 2.45) is 5.73 Å². The molecular weight excluding hydrogens is 216 g/mol. The molecule has 17 heavy (non-hydrogen) atoms. The van der Waals surface area contributed by atoms with Crippen molar-refractivity contribution in [3.8, 4) is 0 Å². The lowest BCUT2D eigenvalue weighted by Crippen LogP contribution is -2.51. The van der Waals surface area contributed by atoms with E-state index in [9.17, 15) is 4.79 Å². The molecule has 4 nitrogen and oxygen atoms in total. The van der Waals surface area contributed by atoms with Crippen molar-refractivity contribution in [1.82, 2.24) is 4.90 Å². The molecule has 0 spiro atoms. The Morgan fingerprint density at radius 3 is 3.12 bits per heavy atom. The van der Waals surface area contributed by atoms with Gasteiger partial charge in [-0.2, -0.15) is 0 Å². The van der Waals surface area contributed by atoms with E-state index in [2.05, 4.69) is 4.90 Å². The standard InChI is InChI=1S/C13H24N2O2/c1-10(14)4-2-7-13(16)15-8-9-17-12-6-3-5-11(12)15/h10-12H,2-9,14H2,1H3. The summed E-state index contributed by atoms with van der Waals surface area (Å²) < 4.78 is 5.71. The van der Waals surface area contributed by atoms with Crippen LogP contribution in [0.25, 0.3) is 0 Å².